The molecule has 1 heterocycles. The Morgan fingerprint density at radius 2 is 2.27 bits per heavy atom. The van der Waals surface area contributed by atoms with Gasteiger partial charge < -0.3 is 5.32 Å². The van der Waals surface area contributed by atoms with Gasteiger partial charge in [-0.05, 0) is 31.0 Å². The van der Waals surface area contributed by atoms with E-state index in [4.69, 9.17) is 11.6 Å². The number of carbonyl (C=O) groups is 1. The third kappa shape index (κ3) is 4.14. The number of halogens is 1. The number of anilines is 1. The number of hydrogen-bond donors (Lipinski definition) is 2. The number of carbonyl (C=O) groups excluding carboxylic acids is 1. The maximum absolute atomic E-state index is 12.0. The number of rotatable bonds is 6. The first-order chi connectivity index (χ1) is 10.5. The highest BCUT2D eigenvalue weighted by atomic mass is 35.5. The van der Waals surface area contributed by atoms with E-state index in [2.05, 4.69) is 15.5 Å². The van der Waals surface area contributed by atoms with Gasteiger partial charge >= 0.3 is 5.69 Å². The number of hydrogen-bond acceptors (Lipinski definition) is 4. The summed E-state index contributed by atoms with van der Waals surface area (Å²) in [7, 11) is 0. The average Bonchev–Trinajstić information content (AvgIpc) is 2.82. The van der Waals surface area contributed by atoms with Crippen LogP contribution in [0.15, 0.2) is 28.2 Å². The summed E-state index contributed by atoms with van der Waals surface area (Å²) in [6, 6.07) is 5.33. The van der Waals surface area contributed by atoms with Gasteiger partial charge in [0.1, 0.15) is 0 Å². The first-order valence-corrected chi connectivity index (χ1v) is 8.21. The Morgan fingerprint density at radius 1 is 1.50 bits per heavy atom. The quantitative estimate of drug-likeness (QED) is 0.792. The number of amides is 1. The topological polar surface area (TPSA) is 79.8 Å². The highest BCUT2D eigenvalue weighted by molar-refractivity contribution is 7.99. The molecule has 0 aliphatic heterocycles. The van der Waals surface area contributed by atoms with Crippen LogP contribution in [0.4, 0.5) is 5.69 Å². The van der Waals surface area contributed by atoms with E-state index in [1.807, 2.05) is 19.9 Å². The molecule has 1 aromatic heterocycles. The Balaban J connectivity index is 1.98. The smallest absolute Gasteiger partial charge is 0.325 e. The highest BCUT2D eigenvalue weighted by Gasteiger charge is 2.11. The summed E-state index contributed by atoms with van der Waals surface area (Å²) in [5.74, 6) is -0.00572. The van der Waals surface area contributed by atoms with E-state index in [9.17, 15) is 9.59 Å². The van der Waals surface area contributed by atoms with Crippen molar-refractivity contribution in [2.45, 2.75) is 32.0 Å². The van der Waals surface area contributed by atoms with Crippen LogP contribution in [-0.2, 0) is 11.3 Å². The van der Waals surface area contributed by atoms with Gasteiger partial charge in [0.05, 0.1) is 5.75 Å². The zero-order chi connectivity index (χ0) is 16.1. The minimum absolute atomic E-state index is 0.167. The molecule has 0 radical (unpaired) electrons. The number of H-pyrrole nitrogens is 1. The molecular formula is C14H17ClN4O2S. The van der Waals surface area contributed by atoms with E-state index in [-0.39, 0.29) is 17.3 Å². The number of thioether (sulfide) groups is 1. The van der Waals surface area contributed by atoms with Crippen molar-refractivity contribution in [1.29, 1.82) is 0 Å². The lowest BCUT2D eigenvalue weighted by atomic mass is 10.2. The lowest BCUT2D eigenvalue weighted by Gasteiger charge is -2.08. The third-order valence-corrected chi connectivity index (χ3v) is 4.19. The summed E-state index contributed by atoms with van der Waals surface area (Å²) in [4.78, 5) is 23.6. The Hall–Kier alpha value is -1.73. The molecule has 0 atom stereocenters. The predicted molar refractivity (Wildman–Crippen MR) is 88.7 cm³/mol. The van der Waals surface area contributed by atoms with E-state index in [0.29, 0.717) is 22.4 Å². The molecule has 22 heavy (non-hydrogen) atoms. The van der Waals surface area contributed by atoms with Crippen molar-refractivity contribution >= 4 is 35.0 Å². The molecule has 6 nitrogen and oxygen atoms in total. The monoisotopic (exact) mass is 340 g/mol. The van der Waals surface area contributed by atoms with Crippen LogP contribution in [-0.4, -0.2) is 26.4 Å². The van der Waals surface area contributed by atoms with E-state index in [1.165, 1.54) is 16.3 Å². The van der Waals surface area contributed by atoms with Gasteiger partial charge in [0, 0.05) is 17.3 Å². The number of benzene rings is 1. The van der Waals surface area contributed by atoms with Crippen LogP contribution in [0.2, 0.25) is 5.02 Å². The third-order valence-electron chi connectivity index (χ3n) is 2.98. The van der Waals surface area contributed by atoms with Crippen LogP contribution in [0.25, 0.3) is 0 Å². The number of aromatic nitrogens is 3. The van der Waals surface area contributed by atoms with Crippen LogP contribution in [0.1, 0.15) is 18.9 Å². The summed E-state index contributed by atoms with van der Waals surface area (Å²) in [6.07, 6.45) is 0.820. The molecule has 8 heteroatoms. The molecule has 0 spiro atoms. The van der Waals surface area contributed by atoms with Gasteiger partial charge in [-0.1, -0.05) is 36.4 Å². The summed E-state index contributed by atoms with van der Waals surface area (Å²) < 4.78 is 1.53. The second-order valence-corrected chi connectivity index (χ2v) is 6.14. The predicted octanol–water partition coefficient (Wildman–Crippen LogP) is 2.67. The molecule has 0 aliphatic carbocycles. The van der Waals surface area contributed by atoms with Crippen molar-refractivity contribution in [3.8, 4) is 0 Å². The maximum atomic E-state index is 12.0. The van der Waals surface area contributed by atoms with Gasteiger partial charge in [-0.15, -0.1) is 5.10 Å². The molecule has 0 aliphatic rings. The summed E-state index contributed by atoms with van der Waals surface area (Å²) in [5, 5.41) is 10.2. The van der Waals surface area contributed by atoms with E-state index >= 15 is 0 Å². The molecule has 0 saturated heterocycles. The number of aryl methyl sites for hydroxylation is 1. The normalized spacial score (nSPS) is 10.7. The Morgan fingerprint density at radius 3 is 3.00 bits per heavy atom. The van der Waals surface area contributed by atoms with E-state index in [0.717, 1.165) is 12.0 Å². The Bertz CT molecular complexity index is 726. The minimum atomic E-state index is -0.254. The molecule has 0 bridgehead atoms. The van der Waals surface area contributed by atoms with Crippen molar-refractivity contribution in [1.82, 2.24) is 14.8 Å². The first-order valence-electron chi connectivity index (χ1n) is 6.85. The molecule has 1 aromatic carbocycles. The second kappa shape index (κ2) is 7.51. The van der Waals surface area contributed by atoms with Gasteiger partial charge in [-0.3, -0.25) is 9.36 Å². The molecule has 1 amide bonds. The van der Waals surface area contributed by atoms with Crippen LogP contribution in [0, 0.1) is 6.92 Å². The summed E-state index contributed by atoms with van der Waals surface area (Å²) >= 11 is 7.14. The fourth-order valence-corrected chi connectivity index (χ4v) is 2.82. The fourth-order valence-electron chi connectivity index (χ4n) is 1.88. The molecule has 2 N–H and O–H groups in total. The molecule has 2 aromatic rings. The Labute approximate surface area is 137 Å². The molecule has 2 rings (SSSR count). The van der Waals surface area contributed by atoms with E-state index < -0.39 is 0 Å². The van der Waals surface area contributed by atoms with Crippen LogP contribution in [0.5, 0.6) is 0 Å². The zero-order valence-electron chi connectivity index (χ0n) is 12.4. The molecule has 118 valence electrons. The number of nitrogens with one attached hydrogen (secondary N) is 2. The van der Waals surface area contributed by atoms with Crippen LogP contribution < -0.4 is 11.0 Å². The minimum Gasteiger partial charge on any atom is -0.325 e. The summed E-state index contributed by atoms with van der Waals surface area (Å²) in [5.41, 5.74) is 1.37. The first kappa shape index (κ1) is 16.6. The van der Waals surface area contributed by atoms with Crippen LogP contribution >= 0.6 is 23.4 Å². The van der Waals surface area contributed by atoms with Gasteiger partial charge in [-0.2, -0.15) is 0 Å². The molecule has 0 fully saturated rings. The zero-order valence-corrected chi connectivity index (χ0v) is 13.9. The molecule has 0 unspecified atom stereocenters. The number of aromatic amines is 1. The largest absolute Gasteiger partial charge is 0.343 e. The standard InChI is InChI=1S/C14H17ClN4O2S/c1-3-6-19-13(21)17-18-14(19)22-8-12(20)16-11-7-10(15)5-4-9(11)2/h4-5,7H,3,6,8H2,1-2H3,(H,16,20)(H,17,21). The van der Waals surface area contributed by atoms with Gasteiger partial charge in [0.2, 0.25) is 5.91 Å². The van der Waals surface area contributed by atoms with Crippen molar-refractivity contribution in [3.05, 3.63) is 39.3 Å². The van der Waals surface area contributed by atoms with Gasteiger partial charge in [0.15, 0.2) is 5.16 Å². The number of nitrogens with zero attached hydrogens (tertiary/aromatic N) is 2. The Kier molecular flexibility index (Phi) is 5.68. The molecular weight excluding hydrogens is 324 g/mol. The summed E-state index contributed by atoms with van der Waals surface area (Å²) in [6.45, 7) is 4.45. The maximum Gasteiger partial charge on any atom is 0.343 e. The second-order valence-electron chi connectivity index (χ2n) is 4.76. The fraction of sp³-hybridized carbons (Fsp3) is 0.357. The highest BCUT2D eigenvalue weighted by Crippen LogP contribution is 2.21. The van der Waals surface area contributed by atoms with Crippen molar-refractivity contribution < 1.29 is 4.79 Å². The van der Waals surface area contributed by atoms with Crippen LogP contribution in [0.3, 0.4) is 0 Å². The van der Waals surface area contributed by atoms with Crippen molar-refractivity contribution in [2.75, 3.05) is 11.1 Å². The van der Waals surface area contributed by atoms with Crippen molar-refractivity contribution in [3.63, 3.8) is 0 Å². The lowest BCUT2D eigenvalue weighted by Crippen LogP contribution is -2.18. The average molecular weight is 341 g/mol. The SMILES string of the molecule is CCCn1c(SCC(=O)Nc2cc(Cl)ccc2C)n[nH]c1=O. The molecule has 0 saturated carbocycles. The van der Waals surface area contributed by atoms with Gasteiger partial charge in [0.25, 0.3) is 0 Å². The van der Waals surface area contributed by atoms with E-state index in [1.54, 1.807) is 12.1 Å². The van der Waals surface area contributed by atoms with Crippen molar-refractivity contribution in [2.24, 2.45) is 0 Å². The lowest BCUT2D eigenvalue weighted by molar-refractivity contribution is -0.113. The van der Waals surface area contributed by atoms with Gasteiger partial charge in [-0.25, -0.2) is 9.89 Å².